The maximum Gasteiger partial charge on any atom is 0.241 e. The van der Waals surface area contributed by atoms with Crippen LogP contribution in [0.15, 0.2) is 47.1 Å². The third-order valence-corrected chi connectivity index (χ3v) is 7.19. The summed E-state index contributed by atoms with van der Waals surface area (Å²) in [5.74, 6) is 0.801. The van der Waals surface area contributed by atoms with E-state index in [0.29, 0.717) is 25.4 Å². The van der Waals surface area contributed by atoms with Crippen molar-refractivity contribution in [1.82, 2.24) is 10.2 Å². The molecule has 2 fully saturated rings. The molecule has 7 nitrogen and oxygen atoms in total. The number of nitrogens with zero attached hydrogens (tertiary/aromatic N) is 3. The quantitative estimate of drug-likeness (QED) is 0.683. The Morgan fingerprint density at radius 3 is 2.48 bits per heavy atom. The van der Waals surface area contributed by atoms with Gasteiger partial charge in [-0.05, 0) is 68.5 Å². The van der Waals surface area contributed by atoms with Crippen molar-refractivity contribution in [2.45, 2.75) is 45.8 Å². The van der Waals surface area contributed by atoms with Gasteiger partial charge in [-0.2, -0.15) is 0 Å². The Labute approximate surface area is 195 Å². The first kappa shape index (κ1) is 22.0. The van der Waals surface area contributed by atoms with E-state index in [9.17, 15) is 9.59 Å². The number of anilines is 2. The number of hydrogen-bond donors (Lipinski definition) is 1. The summed E-state index contributed by atoms with van der Waals surface area (Å²) in [6.07, 6.45) is 4.15. The molecule has 0 bridgehead atoms. The molecular weight excluding hydrogens is 416 g/mol. The van der Waals surface area contributed by atoms with Gasteiger partial charge in [-0.3, -0.25) is 14.5 Å². The Hall–Kier alpha value is -2.80. The first-order valence-corrected chi connectivity index (χ1v) is 12.2. The smallest absolute Gasteiger partial charge is 0.241 e. The van der Waals surface area contributed by atoms with Gasteiger partial charge in [-0.1, -0.05) is 26.0 Å². The van der Waals surface area contributed by atoms with Crippen molar-refractivity contribution >= 4 is 23.2 Å². The number of nitrogens with one attached hydrogen (secondary N) is 1. The maximum absolute atomic E-state index is 13.7. The van der Waals surface area contributed by atoms with Gasteiger partial charge in [0.25, 0.3) is 0 Å². The average Bonchev–Trinajstić information content (AvgIpc) is 3.33. The van der Waals surface area contributed by atoms with Crippen LogP contribution < -0.4 is 15.1 Å². The molecule has 0 saturated carbocycles. The van der Waals surface area contributed by atoms with Crippen molar-refractivity contribution in [3.63, 3.8) is 0 Å². The molecule has 2 atom stereocenters. The number of benzene rings is 1. The Balaban J connectivity index is 1.52. The van der Waals surface area contributed by atoms with Gasteiger partial charge in [-0.15, -0.1) is 0 Å². The van der Waals surface area contributed by atoms with Gasteiger partial charge in [0, 0.05) is 6.54 Å². The van der Waals surface area contributed by atoms with Gasteiger partial charge < -0.3 is 19.5 Å². The van der Waals surface area contributed by atoms with Crippen LogP contribution in [-0.2, 0) is 16.1 Å². The summed E-state index contributed by atoms with van der Waals surface area (Å²) >= 11 is 0. The van der Waals surface area contributed by atoms with Crippen molar-refractivity contribution < 1.29 is 14.0 Å². The van der Waals surface area contributed by atoms with Crippen LogP contribution in [0.25, 0.3) is 0 Å². The number of rotatable bonds is 6. The van der Waals surface area contributed by atoms with E-state index in [-0.39, 0.29) is 23.9 Å². The van der Waals surface area contributed by atoms with Gasteiger partial charge in [-0.25, -0.2) is 0 Å². The van der Waals surface area contributed by atoms with Crippen LogP contribution in [0.2, 0.25) is 0 Å². The highest BCUT2D eigenvalue weighted by molar-refractivity contribution is 6.12. The van der Waals surface area contributed by atoms with Gasteiger partial charge in [0.05, 0.1) is 30.7 Å². The van der Waals surface area contributed by atoms with Gasteiger partial charge >= 0.3 is 0 Å². The molecule has 7 heteroatoms. The predicted octanol–water partition coefficient (Wildman–Crippen LogP) is 3.46. The van der Waals surface area contributed by atoms with Crippen molar-refractivity contribution in [3.05, 3.63) is 48.4 Å². The number of furan rings is 1. The molecule has 2 saturated heterocycles. The lowest BCUT2D eigenvalue weighted by Gasteiger charge is -2.52. The highest BCUT2D eigenvalue weighted by atomic mass is 16.3. The van der Waals surface area contributed by atoms with Crippen LogP contribution in [0, 0.1) is 17.8 Å². The molecule has 2 aromatic rings. The fourth-order valence-corrected chi connectivity index (χ4v) is 5.57. The minimum Gasteiger partial charge on any atom is -0.467 e. The summed E-state index contributed by atoms with van der Waals surface area (Å²) in [5, 5.41) is 3.45. The van der Waals surface area contributed by atoms with Crippen molar-refractivity contribution in [2.75, 3.05) is 36.0 Å². The predicted molar refractivity (Wildman–Crippen MR) is 128 cm³/mol. The van der Waals surface area contributed by atoms with Gasteiger partial charge in [0.1, 0.15) is 17.8 Å². The molecule has 3 aliphatic rings. The largest absolute Gasteiger partial charge is 0.467 e. The molecule has 2 amide bonds. The minimum absolute atomic E-state index is 0.0663. The van der Waals surface area contributed by atoms with E-state index >= 15 is 0 Å². The van der Waals surface area contributed by atoms with Crippen LogP contribution in [0.4, 0.5) is 11.4 Å². The Kier molecular flexibility index (Phi) is 6.15. The standard InChI is InChI=1S/C26H34N4O3/c1-18(2)14-21-25(31)29(16-20-6-5-13-33-20)24-17-28(15-19-9-11-27-12-10-19)22-7-3-4-8-23(22)30(24)26(21)32/h3-8,13,18-19,21,24,27H,9-12,14-17H2,1-2H3. The Morgan fingerprint density at radius 2 is 1.79 bits per heavy atom. The molecule has 1 N–H and O–H groups in total. The molecule has 0 spiro atoms. The number of carbonyl (C=O) groups excluding carboxylic acids is 2. The fourth-order valence-electron chi connectivity index (χ4n) is 5.57. The van der Waals surface area contributed by atoms with Crippen molar-refractivity contribution in [3.8, 4) is 0 Å². The topological polar surface area (TPSA) is 69.0 Å². The molecule has 1 aromatic heterocycles. The second-order valence-electron chi connectivity index (χ2n) is 10.0. The maximum atomic E-state index is 13.7. The third-order valence-electron chi connectivity index (χ3n) is 7.19. The number of para-hydroxylation sites is 2. The second kappa shape index (κ2) is 9.21. The SMILES string of the molecule is CC(C)CC1C(=O)N(Cc2ccco2)C2CN(CC3CCNCC3)c3ccccc3N2C1=O. The first-order chi connectivity index (χ1) is 16.0. The third kappa shape index (κ3) is 4.26. The van der Waals surface area contributed by atoms with E-state index in [4.69, 9.17) is 4.42 Å². The molecule has 1 aromatic carbocycles. The van der Waals surface area contributed by atoms with Crippen LogP contribution in [0.1, 0.15) is 38.9 Å². The Morgan fingerprint density at radius 1 is 1.03 bits per heavy atom. The molecular formula is C26H34N4O3. The summed E-state index contributed by atoms with van der Waals surface area (Å²) in [7, 11) is 0. The summed E-state index contributed by atoms with van der Waals surface area (Å²) in [6.45, 7) is 8.16. The second-order valence-corrected chi connectivity index (χ2v) is 10.0. The molecule has 33 heavy (non-hydrogen) atoms. The van der Waals surface area contributed by atoms with Gasteiger partial charge in [0.15, 0.2) is 0 Å². The zero-order valence-corrected chi connectivity index (χ0v) is 19.6. The van der Waals surface area contributed by atoms with Crippen LogP contribution in [0.3, 0.4) is 0 Å². The van der Waals surface area contributed by atoms with E-state index in [2.05, 4.69) is 30.1 Å². The molecule has 3 aliphatic heterocycles. The average molecular weight is 451 g/mol. The number of carbonyl (C=O) groups is 2. The highest BCUT2D eigenvalue weighted by Crippen LogP contribution is 2.41. The summed E-state index contributed by atoms with van der Waals surface area (Å²) in [4.78, 5) is 33.6. The lowest BCUT2D eigenvalue weighted by Crippen LogP contribution is -2.68. The zero-order chi connectivity index (χ0) is 22.9. The van der Waals surface area contributed by atoms with Crippen molar-refractivity contribution in [1.29, 1.82) is 0 Å². The normalized spacial score (nSPS) is 23.8. The van der Waals surface area contributed by atoms with E-state index < -0.39 is 5.92 Å². The number of hydrogen-bond acceptors (Lipinski definition) is 5. The summed E-state index contributed by atoms with van der Waals surface area (Å²) < 4.78 is 5.61. The zero-order valence-electron chi connectivity index (χ0n) is 19.6. The minimum atomic E-state index is -0.653. The Bertz CT molecular complexity index is 983. The summed E-state index contributed by atoms with van der Waals surface area (Å²) in [6, 6.07) is 11.9. The molecule has 176 valence electrons. The first-order valence-electron chi connectivity index (χ1n) is 12.2. The highest BCUT2D eigenvalue weighted by Gasteiger charge is 2.50. The van der Waals surface area contributed by atoms with Crippen LogP contribution in [0.5, 0.6) is 0 Å². The van der Waals surface area contributed by atoms with Crippen molar-refractivity contribution in [2.24, 2.45) is 17.8 Å². The van der Waals surface area contributed by atoms with E-state index in [1.807, 2.05) is 40.1 Å². The molecule has 0 radical (unpaired) electrons. The van der Waals surface area contributed by atoms with E-state index in [1.54, 1.807) is 6.26 Å². The lowest BCUT2D eigenvalue weighted by atomic mass is 9.89. The molecule has 0 aliphatic carbocycles. The van der Waals surface area contributed by atoms with Gasteiger partial charge in [0.2, 0.25) is 11.8 Å². The number of piperidine rings is 1. The molecule has 2 unspecified atom stereocenters. The van der Waals surface area contributed by atoms with Crippen LogP contribution >= 0.6 is 0 Å². The number of fused-ring (bicyclic) bond motifs is 3. The van der Waals surface area contributed by atoms with E-state index in [0.717, 1.165) is 49.6 Å². The van der Waals surface area contributed by atoms with Crippen LogP contribution in [-0.4, -0.2) is 49.1 Å². The fraction of sp³-hybridized carbons (Fsp3) is 0.538. The molecule has 5 rings (SSSR count). The summed E-state index contributed by atoms with van der Waals surface area (Å²) in [5.41, 5.74) is 2.01. The number of amides is 2. The lowest BCUT2D eigenvalue weighted by molar-refractivity contribution is -0.150. The van der Waals surface area contributed by atoms with E-state index in [1.165, 1.54) is 0 Å². The molecule has 4 heterocycles. The monoisotopic (exact) mass is 450 g/mol.